The van der Waals surface area contributed by atoms with Crippen molar-refractivity contribution in [2.45, 2.75) is 0 Å². The predicted molar refractivity (Wildman–Crippen MR) is 87.1 cm³/mol. The van der Waals surface area contributed by atoms with E-state index in [4.69, 9.17) is 5.11 Å². The van der Waals surface area contributed by atoms with Crippen LogP contribution in [0.5, 0.6) is 0 Å². The highest BCUT2D eigenvalue weighted by molar-refractivity contribution is 9.10. The molecule has 0 bridgehead atoms. The zero-order chi connectivity index (χ0) is 17.9. The maximum Gasteiger partial charge on any atom is 0.335 e. The molecule has 2 aromatic rings. The van der Waals surface area contributed by atoms with Crippen LogP contribution in [0.4, 0.5) is 8.78 Å². The molecule has 0 aliphatic rings. The van der Waals surface area contributed by atoms with Gasteiger partial charge >= 0.3 is 5.97 Å². The van der Waals surface area contributed by atoms with E-state index < -0.39 is 34.6 Å². The Kier molecular flexibility index (Phi) is 5.40. The van der Waals surface area contributed by atoms with Crippen LogP contribution in [0.2, 0.25) is 0 Å². The molecule has 1 N–H and O–H groups in total. The highest BCUT2D eigenvalue weighted by Crippen LogP contribution is 2.18. The summed E-state index contributed by atoms with van der Waals surface area (Å²) in [5.41, 5.74) is -0.717. The van der Waals surface area contributed by atoms with E-state index in [-0.39, 0.29) is 0 Å². The minimum Gasteiger partial charge on any atom is -0.478 e. The first kappa shape index (κ1) is 17.7. The molecule has 2 rings (SSSR count). The number of hydrazone groups is 1. The first-order chi connectivity index (χ1) is 11.3. The Morgan fingerprint density at radius 3 is 2.33 bits per heavy atom. The van der Waals surface area contributed by atoms with Gasteiger partial charge in [0.2, 0.25) is 0 Å². The number of carbonyl (C=O) groups excluding carboxylic acids is 1. The average molecular weight is 397 g/mol. The van der Waals surface area contributed by atoms with Gasteiger partial charge in [-0.25, -0.2) is 18.6 Å². The molecule has 0 heterocycles. The Labute approximate surface area is 144 Å². The van der Waals surface area contributed by atoms with Gasteiger partial charge in [-0.3, -0.25) is 4.79 Å². The summed E-state index contributed by atoms with van der Waals surface area (Å²) in [5.74, 6) is -4.10. The second kappa shape index (κ2) is 7.31. The zero-order valence-corrected chi connectivity index (χ0v) is 13.9. The average Bonchev–Trinajstić information content (AvgIpc) is 2.53. The van der Waals surface area contributed by atoms with Gasteiger partial charge in [0.25, 0.3) is 5.91 Å². The third-order valence-corrected chi connectivity index (χ3v) is 3.78. The zero-order valence-electron chi connectivity index (χ0n) is 12.3. The first-order valence-corrected chi connectivity index (χ1v) is 7.39. The van der Waals surface area contributed by atoms with Crippen LogP contribution >= 0.6 is 15.9 Å². The fourth-order valence-corrected chi connectivity index (χ4v) is 2.29. The fourth-order valence-electron chi connectivity index (χ4n) is 1.84. The molecule has 0 aliphatic heterocycles. The van der Waals surface area contributed by atoms with Gasteiger partial charge in [0, 0.05) is 11.5 Å². The van der Waals surface area contributed by atoms with Crippen LogP contribution in [-0.4, -0.2) is 35.3 Å². The summed E-state index contributed by atoms with van der Waals surface area (Å²) in [7, 11) is 1.33. The van der Waals surface area contributed by atoms with Gasteiger partial charge in [-0.15, -0.1) is 0 Å². The summed E-state index contributed by atoms with van der Waals surface area (Å²) in [5, 5.41) is 13.4. The van der Waals surface area contributed by atoms with Crippen molar-refractivity contribution in [3.05, 3.63) is 69.2 Å². The van der Waals surface area contributed by atoms with Crippen molar-refractivity contribution < 1.29 is 23.5 Å². The van der Waals surface area contributed by atoms with E-state index in [2.05, 4.69) is 21.0 Å². The van der Waals surface area contributed by atoms with Gasteiger partial charge in [-0.05, 0) is 40.2 Å². The van der Waals surface area contributed by atoms with Gasteiger partial charge in [-0.2, -0.15) is 5.10 Å². The topological polar surface area (TPSA) is 70.0 Å². The van der Waals surface area contributed by atoms with Crippen molar-refractivity contribution in [3.8, 4) is 0 Å². The molecular formula is C16H11BrF2N2O3. The number of carbonyl (C=O) groups is 2. The summed E-state index contributed by atoms with van der Waals surface area (Å²) in [6.07, 6.45) is 0.824. The van der Waals surface area contributed by atoms with Crippen molar-refractivity contribution in [1.82, 2.24) is 5.01 Å². The monoisotopic (exact) mass is 396 g/mol. The number of hydrogen-bond acceptors (Lipinski definition) is 3. The van der Waals surface area contributed by atoms with Crippen LogP contribution < -0.4 is 0 Å². The number of amides is 1. The summed E-state index contributed by atoms with van der Waals surface area (Å²) >= 11 is 3.23. The summed E-state index contributed by atoms with van der Waals surface area (Å²) < 4.78 is 28.2. The van der Waals surface area contributed by atoms with Gasteiger partial charge in [0.15, 0.2) is 0 Å². The van der Waals surface area contributed by atoms with E-state index in [0.29, 0.717) is 22.2 Å². The first-order valence-electron chi connectivity index (χ1n) is 6.60. The molecule has 124 valence electrons. The lowest BCUT2D eigenvalue weighted by atomic mass is 10.1. The predicted octanol–water partition coefficient (Wildman–Crippen LogP) is 3.53. The molecule has 5 nitrogen and oxygen atoms in total. The van der Waals surface area contributed by atoms with Crippen LogP contribution in [0.25, 0.3) is 0 Å². The van der Waals surface area contributed by atoms with E-state index in [0.717, 1.165) is 11.2 Å². The lowest BCUT2D eigenvalue weighted by Crippen LogP contribution is -2.22. The van der Waals surface area contributed by atoms with Crippen LogP contribution in [0.15, 0.2) is 46.0 Å². The van der Waals surface area contributed by atoms with E-state index in [1.807, 2.05) is 0 Å². The summed E-state index contributed by atoms with van der Waals surface area (Å²) in [4.78, 5) is 23.0. The van der Waals surface area contributed by atoms with Crippen LogP contribution in [0.3, 0.4) is 0 Å². The smallest absolute Gasteiger partial charge is 0.335 e. The highest BCUT2D eigenvalue weighted by Gasteiger charge is 2.16. The van der Waals surface area contributed by atoms with Crippen molar-refractivity contribution in [3.63, 3.8) is 0 Å². The largest absolute Gasteiger partial charge is 0.478 e. The molecule has 24 heavy (non-hydrogen) atoms. The lowest BCUT2D eigenvalue weighted by molar-refractivity contribution is 0.0695. The molecule has 0 aromatic heterocycles. The number of benzene rings is 2. The fraction of sp³-hybridized carbons (Fsp3) is 0.0625. The SMILES string of the molecule is CN(/N=C/c1c(F)cc(C(=O)O)cc1F)C(=O)c1ccccc1Br. The normalized spacial score (nSPS) is 10.8. The molecule has 8 heteroatoms. The van der Waals surface area contributed by atoms with Gasteiger partial charge < -0.3 is 5.11 Å². The third-order valence-electron chi connectivity index (χ3n) is 3.08. The molecule has 0 spiro atoms. The van der Waals surface area contributed by atoms with Crippen molar-refractivity contribution >= 4 is 34.0 Å². The van der Waals surface area contributed by atoms with E-state index >= 15 is 0 Å². The van der Waals surface area contributed by atoms with Gasteiger partial charge in [0.1, 0.15) is 11.6 Å². The standard InChI is InChI=1S/C16H11BrF2N2O3/c1-21(15(22)10-4-2-3-5-12(10)17)20-8-11-13(18)6-9(16(23)24)7-14(11)19/h2-8H,1H3,(H,23,24)/b20-8+. The minimum absolute atomic E-state index is 0.333. The Morgan fingerprint density at radius 2 is 1.79 bits per heavy atom. The van der Waals surface area contributed by atoms with E-state index in [9.17, 15) is 18.4 Å². The van der Waals surface area contributed by atoms with E-state index in [1.54, 1.807) is 24.3 Å². The Bertz CT molecular complexity index is 817. The Hall–Kier alpha value is -2.61. The number of rotatable bonds is 4. The van der Waals surface area contributed by atoms with Gasteiger partial charge in [0.05, 0.1) is 22.9 Å². The molecule has 0 aliphatic carbocycles. The second-order valence-corrected chi connectivity index (χ2v) is 5.57. The summed E-state index contributed by atoms with van der Waals surface area (Å²) in [6.45, 7) is 0. The van der Waals surface area contributed by atoms with Crippen molar-refractivity contribution in [1.29, 1.82) is 0 Å². The lowest BCUT2D eigenvalue weighted by Gasteiger charge is -2.12. The highest BCUT2D eigenvalue weighted by atomic mass is 79.9. The van der Waals surface area contributed by atoms with Crippen LogP contribution in [0.1, 0.15) is 26.3 Å². The second-order valence-electron chi connectivity index (χ2n) is 4.71. The Balaban J connectivity index is 2.26. The quantitative estimate of drug-likeness (QED) is 0.634. The maximum absolute atomic E-state index is 13.8. The minimum atomic E-state index is -1.45. The van der Waals surface area contributed by atoms with E-state index in [1.165, 1.54) is 7.05 Å². The number of carboxylic acid groups (broad SMARTS) is 1. The number of aromatic carboxylic acids is 1. The number of hydrogen-bond donors (Lipinski definition) is 1. The molecule has 0 saturated carbocycles. The molecule has 0 saturated heterocycles. The molecule has 1 amide bonds. The maximum atomic E-state index is 13.8. The molecule has 0 radical (unpaired) electrons. The van der Waals surface area contributed by atoms with Crippen LogP contribution in [-0.2, 0) is 0 Å². The molecule has 0 fully saturated rings. The van der Waals surface area contributed by atoms with Crippen molar-refractivity contribution in [2.24, 2.45) is 5.10 Å². The van der Waals surface area contributed by atoms with Crippen LogP contribution in [0, 0.1) is 11.6 Å². The molecule has 0 atom stereocenters. The summed E-state index contributed by atoms with van der Waals surface area (Å²) in [6, 6.07) is 8.01. The number of carboxylic acids is 1. The third kappa shape index (κ3) is 3.83. The molecule has 2 aromatic carbocycles. The van der Waals surface area contributed by atoms with Crippen molar-refractivity contribution in [2.75, 3.05) is 7.05 Å². The van der Waals surface area contributed by atoms with Gasteiger partial charge in [-0.1, -0.05) is 12.1 Å². The Morgan fingerprint density at radius 1 is 1.21 bits per heavy atom. The number of halogens is 3. The molecule has 0 unspecified atom stereocenters. The number of nitrogens with zero attached hydrogens (tertiary/aromatic N) is 2. The molecular weight excluding hydrogens is 386 g/mol.